The zero-order chi connectivity index (χ0) is 54.2. The first-order valence-electron chi connectivity index (χ1n) is 32.7. The van der Waals surface area contributed by atoms with Crippen molar-refractivity contribution in [2.45, 2.75) is 347 Å². The number of phosphoric acid groups is 1. The molecule has 3 unspecified atom stereocenters. The Labute approximate surface area is 462 Å². The molecular weight excluding hydrogens is 936 g/mol. The number of aliphatic hydroxyl groups excluding tert-OH is 1. The SMILES string of the molecule is CCCCCCCCCC/C=C\CCCCCCCCCCCCCCCCCCCC(=O)NC(COP(=O)([O-])OCC[N+](C)(C)C)C(O)/C=C/CCCCCCCCCCCCCCCCCCCCCCC. The minimum absolute atomic E-state index is 0.00168. The number of allylic oxidation sites excluding steroid dienone is 3. The number of rotatable bonds is 61. The number of carbonyl (C=O) groups is 1. The Kier molecular flexibility index (Phi) is 55.9. The summed E-state index contributed by atoms with van der Waals surface area (Å²) in [6.07, 6.45) is 72.8. The van der Waals surface area contributed by atoms with Crippen LogP contribution in [0.5, 0.6) is 0 Å². The van der Waals surface area contributed by atoms with Gasteiger partial charge in [0.1, 0.15) is 13.2 Å². The summed E-state index contributed by atoms with van der Waals surface area (Å²) >= 11 is 0. The van der Waals surface area contributed by atoms with Gasteiger partial charge in [-0.25, -0.2) is 0 Å². The van der Waals surface area contributed by atoms with Gasteiger partial charge in [0.15, 0.2) is 0 Å². The van der Waals surface area contributed by atoms with E-state index in [1.165, 1.54) is 276 Å². The molecule has 2 N–H and O–H groups in total. The van der Waals surface area contributed by atoms with Crippen LogP contribution in [0, 0.1) is 0 Å². The third kappa shape index (κ3) is 58.7. The van der Waals surface area contributed by atoms with E-state index in [4.69, 9.17) is 9.05 Å². The van der Waals surface area contributed by atoms with Gasteiger partial charge in [-0.3, -0.25) is 9.36 Å². The second-order valence-electron chi connectivity index (χ2n) is 23.8. The van der Waals surface area contributed by atoms with E-state index in [2.05, 4.69) is 31.3 Å². The molecule has 3 atom stereocenters. The second kappa shape index (κ2) is 56.7. The quantitative estimate of drug-likeness (QED) is 0.0272. The van der Waals surface area contributed by atoms with Gasteiger partial charge in [-0.05, 0) is 44.9 Å². The number of aliphatic hydroxyl groups is 1. The van der Waals surface area contributed by atoms with E-state index in [9.17, 15) is 19.4 Å². The third-order valence-corrected chi connectivity index (χ3v) is 16.1. The number of phosphoric ester groups is 1. The predicted molar refractivity (Wildman–Crippen MR) is 321 cm³/mol. The molecule has 1 amide bonds. The van der Waals surface area contributed by atoms with Gasteiger partial charge in [-0.1, -0.05) is 308 Å². The first kappa shape index (κ1) is 73.0. The molecule has 8 nitrogen and oxygen atoms in total. The number of amides is 1. The number of carbonyl (C=O) groups excluding carboxylic acids is 1. The zero-order valence-electron chi connectivity index (χ0n) is 50.3. The van der Waals surface area contributed by atoms with Crippen LogP contribution in [0.15, 0.2) is 24.3 Å². The van der Waals surface area contributed by atoms with Gasteiger partial charge < -0.3 is 28.8 Å². The molecule has 0 aromatic rings. The summed E-state index contributed by atoms with van der Waals surface area (Å²) in [7, 11) is 1.28. The van der Waals surface area contributed by atoms with Crippen molar-refractivity contribution in [3.8, 4) is 0 Å². The number of unbranched alkanes of at least 4 members (excludes halogenated alkanes) is 46. The fraction of sp³-hybridized carbons (Fsp3) is 0.923. The average molecular weight is 1070 g/mol. The number of quaternary nitrogens is 1. The van der Waals surface area contributed by atoms with Crippen molar-refractivity contribution in [1.82, 2.24) is 5.32 Å². The topological polar surface area (TPSA) is 108 Å². The number of nitrogens with one attached hydrogen (secondary N) is 1. The van der Waals surface area contributed by atoms with Gasteiger partial charge in [0.2, 0.25) is 5.91 Å². The van der Waals surface area contributed by atoms with Crippen molar-refractivity contribution in [2.24, 2.45) is 0 Å². The van der Waals surface area contributed by atoms with E-state index in [1.807, 2.05) is 27.2 Å². The molecule has 0 saturated heterocycles. The van der Waals surface area contributed by atoms with E-state index in [0.29, 0.717) is 17.4 Å². The molecule has 0 aromatic carbocycles. The van der Waals surface area contributed by atoms with E-state index in [0.717, 1.165) is 38.5 Å². The first-order chi connectivity index (χ1) is 36.0. The molecule has 440 valence electrons. The summed E-state index contributed by atoms with van der Waals surface area (Å²) in [5.41, 5.74) is 0. The van der Waals surface area contributed by atoms with Gasteiger partial charge in [-0.2, -0.15) is 0 Å². The Balaban J connectivity index is 4.08. The molecule has 0 aliphatic heterocycles. The Morgan fingerprint density at radius 2 is 0.743 bits per heavy atom. The number of hydrogen-bond donors (Lipinski definition) is 2. The number of hydrogen-bond acceptors (Lipinski definition) is 6. The largest absolute Gasteiger partial charge is 0.756 e. The molecule has 0 saturated carbocycles. The van der Waals surface area contributed by atoms with Crippen molar-refractivity contribution in [3.05, 3.63) is 24.3 Å². The maximum absolute atomic E-state index is 13.0. The summed E-state index contributed by atoms with van der Waals surface area (Å²) in [5.74, 6) is -0.190. The summed E-state index contributed by atoms with van der Waals surface area (Å²) in [6, 6.07) is -0.885. The monoisotopic (exact) mass is 1060 g/mol. The van der Waals surface area contributed by atoms with Crippen molar-refractivity contribution in [3.63, 3.8) is 0 Å². The Hall–Kier alpha value is -1.02. The third-order valence-electron chi connectivity index (χ3n) is 15.2. The van der Waals surface area contributed by atoms with Crippen molar-refractivity contribution in [2.75, 3.05) is 40.9 Å². The van der Waals surface area contributed by atoms with Crippen LogP contribution in [-0.2, 0) is 18.4 Å². The number of likely N-dealkylation sites (N-methyl/N-ethyl adjacent to an activating group) is 1. The van der Waals surface area contributed by atoms with Crippen molar-refractivity contribution < 1.29 is 32.9 Å². The summed E-state index contributed by atoms with van der Waals surface area (Å²) in [4.78, 5) is 25.6. The zero-order valence-corrected chi connectivity index (χ0v) is 51.2. The van der Waals surface area contributed by atoms with Gasteiger partial charge in [0.25, 0.3) is 7.82 Å². The molecule has 74 heavy (non-hydrogen) atoms. The Morgan fingerprint density at radius 1 is 0.459 bits per heavy atom. The molecule has 0 heterocycles. The molecule has 0 spiro atoms. The lowest BCUT2D eigenvalue weighted by molar-refractivity contribution is -0.870. The molecule has 0 aliphatic carbocycles. The summed E-state index contributed by atoms with van der Waals surface area (Å²) in [5, 5.41) is 13.9. The first-order valence-corrected chi connectivity index (χ1v) is 34.2. The molecule has 0 fully saturated rings. The summed E-state index contributed by atoms with van der Waals surface area (Å²) in [6.45, 7) is 4.71. The molecular formula is C65H129N2O6P. The van der Waals surface area contributed by atoms with Gasteiger partial charge in [0, 0.05) is 6.42 Å². The highest BCUT2D eigenvalue weighted by atomic mass is 31.2. The maximum atomic E-state index is 13.0. The molecule has 0 bridgehead atoms. The highest BCUT2D eigenvalue weighted by Crippen LogP contribution is 2.38. The fourth-order valence-corrected chi connectivity index (χ4v) is 10.8. The van der Waals surface area contributed by atoms with Gasteiger partial charge >= 0.3 is 0 Å². The lowest BCUT2D eigenvalue weighted by Gasteiger charge is -2.29. The van der Waals surface area contributed by atoms with E-state index < -0.39 is 20.0 Å². The van der Waals surface area contributed by atoms with E-state index >= 15 is 0 Å². The van der Waals surface area contributed by atoms with E-state index in [1.54, 1.807) is 6.08 Å². The van der Waals surface area contributed by atoms with Crippen LogP contribution in [0.3, 0.4) is 0 Å². The van der Waals surface area contributed by atoms with Crippen molar-refractivity contribution in [1.29, 1.82) is 0 Å². The highest BCUT2D eigenvalue weighted by Gasteiger charge is 2.23. The van der Waals surface area contributed by atoms with Crippen LogP contribution in [0.2, 0.25) is 0 Å². The maximum Gasteiger partial charge on any atom is 0.268 e. The molecule has 0 aromatic heterocycles. The summed E-state index contributed by atoms with van der Waals surface area (Å²) < 4.78 is 23.4. The smallest absolute Gasteiger partial charge is 0.268 e. The van der Waals surface area contributed by atoms with Gasteiger partial charge in [0.05, 0.1) is 39.9 Å². The minimum atomic E-state index is -4.60. The van der Waals surface area contributed by atoms with Crippen LogP contribution in [0.25, 0.3) is 0 Å². The Morgan fingerprint density at radius 3 is 1.05 bits per heavy atom. The second-order valence-corrected chi connectivity index (χ2v) is 25.2. The van der Waals surface area contributed by atoms with E-state index in [-0.39, 0.29) is 19.1 Å². The van der Waals surface area contributed by atoms with Crippen LogP contribution >= 0.6 is 7.82 Å². The van der Waals surface area contributed by atoms with Crippen LogP contribution in [-0.4, -0.2) is 68.5 Å². The van der Waals surface area contributed by atoms with Crippen LogP contribution in [0.1, 0.15) is 335 Å². The highest BCUT2D eigenvalue weighted by molar-refractivity contribution is 7.45. The normalized spacial score (nSPS) is 13.9. The number of nitrogens with zero attached hydrogens (tertiary/aromatic N) is 1. The van der Waals surface area contributed by atoms with Crippen molar-refractivity contribution >= 4 is 13.7 Å². The average Bonchev–Trinajstić information content (AvgIpc) is 3.36. The lowest BCUT2D eigenvalue weighted by atomic mass is 10.0. The molecule has 9 heteroatoms. The van der Waals surface area contributed by atoms with Gasteiger partial charge in [-0.15, -0.1) is 0 Å². The fourth-order valence-electron chi connectivity index (χ4n) is 10.0. The molecule has 0 radical (unpaired) electrons. The molecule has 0 aliphatic rings. The standard InChI is InChI=1S/C65H129N2O6P/c1-6-8-10-12-14-16-18-20-22-24-26-28-30-31-32-33-34-35-37-39-41-43-45-47-49-51-53-55-57-59-65(69)66-63(62-73-74(70,71)72-61-60-67(3,4)5)64(68)58-56-54-52-50-48-46-44-42-40-38-36-29-27-25-23-21-19-17-15-13-11-9-7-2/h24,26,56,58,63-64,68H,6-23,25,27-55,57,59-62H2,1-5H3,(H-,66,69,70,71)/b26-24-,58-56+. The minimum Gasteiger partial charge on any atom is -0.756 e. The Bertz CT molecular complexity index is 1260. The van der Waals surface area contributed by atoms with Crippen LogP contribution in [0.4, 0.5) is 0 Å². The van der Waals surface area contributed by atoms with Crippen LogP contribution < -0.4 is 10.2 Å². The predicted octanol–water partition coefficient (Wildman–Crippen LogP) is 19.7. The lowest BCUT2D eigenvalue weighted by Crippen LogP contribution is -2.45. The molecule has 0 rings (SSSR count).